The minimum Gasteiger partial charge on any atom is -0.378 e. The van der Waals surface area contributed by atoms with Crippen molar-refractivity contribution < 1.29 is 17.9 Å². The molecule has 1 unspecified atom stereocenters. The van der Waals surface area contributed by atoms with Crippen LogP contribution in [-0.2, 0) is 17.3 Å². The van der Waals surface area contributed by atoms with Crippen LogP contribution in [0, 0.1) is 24.7 Å². The number of amidine groups is 1. The number of aromatic nitrogens is 2. The second-order valence-corrected chi connectivity index (χ2v) is 13.3. The van der Waals surface area contributed by atoms with Gasteiger partial charge in [-0.25, -0.2) is 9.99 Å². The molecule has 1 saturated heterocycles. The number of nitrogens with one attached hydrogen (secondary N) is 1. The number of hydrogen-bond donors (Lipinski definition) is 1. The van der Waals surface area contributed by atoms with Gasteiger partial charge in [0.15, 0.2) is 0 Å². The summed E-state index contributed by atoms with van der Waals surface area (Å²) >= 11 is 0. The molecule has 7 nitrogen and oxygen atoms in total. The zero-order valence-electron chi connectivity index (χ0n) is 28.5. The maximum Gasteiger partial charge on any atom is 0.416 e. The van der Waals surface area contributed by atoms with Crippen LogP contribution in [0.1, 0.15) is 70.3 Å². The largest absolute Gasteiger partial charge is 0.416 e. The Balaban J connectivity index is 1.92. The van der Waals surface area contributed by atoms with Gasteiger partial charge in [0, 0.05) is 50.4 Å². The quantitative estimate of drug-likeness (QED) is 0.257. The molecule has 2 aliphatic rings. The Bertz CT molecular complexity index is 1420. The van der Waals surface area contributed by atoms with Gasteiger partial charge in [0.25, 0.3) is 0 Å². The number of allylic oxidation sites excluding steroid dienone is 2. The van der Waals surface area contributed by atoms with Crippen LogP contribution in [0.3, 0.4) is 0 Å². The molecular formula is C36H51F3N6O. The van der Waals surface area contributed by atoms with E-state index in [2.05, 4.69) is 67.9 Å². The van der Waals surface area contributed by atoms with Gasteiger partial charge in [-0.1, -0.05) is 66.7 Å². The molecule has 4 rings (SSSR count). The molecule has 0 aliphatic carbocycles. The summed E-state index contributed by atoms with van der Waals surface area (Å²) in [4.78, 5) is 12.2. The predicted molar refractivity (Wildman–Crippen MR) is 180 cm³/mol. The van der Waals surface area contributed by atoms with Crippen LogP contribution >= 0.6 is 0 Å². The minimum atomic E-state index is -4.44. The molecule has 1 aromatic carbocycles. The molecule has 10 heteroatoms. The third-order valence-corrected chi connectivity index (χ3v) is 8.88. The maximum atomic E-state index is 14.1. The molecule has 0 spiro atoms. The van der Waals surface area contributed by atoms with Crippen molar-refractivity contribution in [3.63, 3.8) is 0 Å². The average Bonchev–Trinajstić information content (AvgIpc) is 3.54. The van der Waals surface area contributed by atoms with Crippen LogP contribution in [0.15, 0.2) is 65.4 Å². The highest BCUT2D eigenvalue weighted by molar-refractivity contribution is 6.03. The van der Waals surface area contributed by atoms with Gasteiger partial charge in [-0.05, 0) is 53.5 Å². The lowest BCUT2D eigenvalue weighted by Crippen LogP contribution is -2.42. The van der Waals surface area contributed by atoms with Crippen LogP contribution in [-0.4, -0.2) is 76.5 Å². The first-order chi connectivity index (χ1) is 21.8. The number of aromatic amines is 1. The third kappa shape index (κ3) is 8.70. The summed E-state index contributed by atoms with van der Waals surface area (Å²) in [6.45, 7) is 24.4. The fraction of sp³-hybridized carbons (Fsp3) is 0.556. The Labute approximate surface area is 272 Å². The molecule has 3 heterocycles. The lowest BCUT2D eigenvalue weighted by Gasteiger charge is -2.37. The number of ether oxygens (including phenoxy) is 1. The van der Waals surface area contributed by atoms with Gasteiger partial charge >= 0.3 is 6.18 Å². The number of H-pyrrole nitrogens is 1. The Kier molecular flexibility index (Phi) is 11.9. The van der Waals surface area contributed by atoms with Crippen LogP contribution in [0.25, 0.3) is 5.57 Å². The number of alkyl halides is 3. The fourth-order valence-corrected chi connectivity index (χ4v) is 6.15. The molecule has 46 heavy (non-hydrogen) atoms. The highest BCUT2D eigenvalue weighted by Gasteiger charge is 2.34. The van der Waals surface area contributed by atoms with Crippen LogP contribution in [0.2, 0.25) is 0 Å². The van der Waals surface area contributed by atoms with E-state index in [9.17, 15) is 13.2 Å². The molecule has 2 aliphatic heterocycles. The highest BCUT2D eigenvalue weighted by atomic mass is 19.4. The molecule has 1 aromatic heterocycles. The molecule has 0 radical (unpaired) electrons. The second kappa shape index (κ2) is 15.5. The van der Waals surface area contributed by atoms with Crippen LogP contribution in [0.5, 0.6) is 0 Å². The van der Waals surface area contributed by atoms with E-state index >= 15 is 0 Å². The molecule has 1 N–H and O–H groups in total. The Morgan fingerprint density at radius 3 is 2.41 bits per heavy atom. The van der Waals surface area contributed by atoms with E-state index in [0.717, 1.165) is 53.9 Å². The van der Waals surface area contributed by atoms with Gasteiger partial charge in [0.2, 0.25) is 0 Å². The summed E-state index contributed by atoms with van der Waals surface area (Å²) in [5.74, 6) is 1.83. The summed E-state index contributed by atoms with van der Waals surface area (Å²) in [6.07, 6.45) is 2.32. The molecule has 0 bridgehead atoms. The van der Waals surface area contributed by atoms with E-state index < -0.39 is 11.7 Å². The normalized spacial score (nSPS) is 17.5. The standard InChI is InChI=1S/C36H51F3N6O/c1-9-26(6)21-43(20-24(2)3)22-31(25(4)5)34(17-29-11-10-12-32(27(29)7)36(37,38)39)45-28(8)30(33-19-40-23-41-33)18-35(42-45)44-13-15-46-16-14-44/h10-12,18-19,23-26H,8-9,13-17,20-22H2,1-7H3,(H,40,41)/b34-31-. The van der Waals surface area contributed by atoms with Crippen molar-refractivity contribution in [2.24, 2.45) is 22.9 Å². The first-order valence-electron chi connectivity index (χ1n) is 16.5. The van der Waals surface area contributed by atoms with E-state index in [1.54, 1.807) is 25.5 Å². The van der Waals surface area contributed by atoms with Gasteiger partial charge in [-0.15, -0.1) is 0 Å². The molecule has 2 aromatic rings. The monoisotopic (exact) mass is 640 g/mol. The van der Waals surface area contributed by atoms with Gasteiger partial charge < -0.3 is 14.6 Å². The Hall–Kier alpha value is -3.37. The smallest absolute Gasteiger partial charge is 0.378 e. The number of hydrazone groups is 1. The maximum absolute atomic E-state index is 14.1. The molecule has 0 amide bonds. The van der Waals surface area contributed by atoms with Crippen LogP contribution in [0.4, 0.5) is 13.2 Å². The van der Waals surface area contributed by atoms with Crippen molar-refractivity contribution in [1.29, 1.82) is 0 Å². The van der Waals surface area contributed by atoms with Crippen molar-refractivity contribution in [2.45, 2.75) is 67.5 Å². The molecule has 0 saturated carbocycles. The number of rotatable bonds is 12. The summed E-state index contributed by atoms with van der Waals surface area (Å²) in [5, 5.41) is 7.10. The first-order valence-corrected chi connectivity index (χ1v) is 16.5. The van der Waals surface area contributed by atoms with Gasteiger partial charge in [-0.2, -0.15) is 18.3 Å². The molecule has 1 atom stereocenters. The number of hydrogen-bond acceptors (Lipinski definition) is 6. The Morgan fingerprint density at radius 1 is 1.11 bits per heavy atom. The Morgan fingerprint density at radius 2 is 1.83 bits per heavy atom. The molecular weight excluding hydrogens is 589 g/mol. The van der Waals surface area contributed by atoms with Crippen molar-refractivity contribution in [1.82, 2.24) is 24.8 Å². The van der Waals surface area contributed by atoms with Crippen molar-refractivity contribution in [3.8, 4) is 0 Å². The summed E-state index contributed by atoms with van der Waals surface area (Å²) in [5.41, 5.74) is 4.53. The number of benzene rings is 1. The van der Waals surface area contributed by atoms with Crippen molar-refractivity contribution >= 4 is 11.4 Å². The van der Waals surface area contributed by atoms with E-state index in [0.29, 0.717) is 55.9 Å². The van der Waals surface area contributed by atoms with Gasteiger partial charge in [0.1, 0.15) is 5.84 Å². The minimum absolute atomic E-state index is 0.101. The van der Waals surface area contributed by atoms with E-state index in [4.69, 9.17) is 9.84 Å². The zero-order valence-corrected chi connectivity index (χ0v) is 28.5. The number of halogens is 3. The summed E-state index contributed by atoms with van der Waals surface area (Å²) < 4.78 is 47.9. The van der Waals surface area contributed by atoms with Crippen molar-refractivity contribution in [2.75, 3.05) is 45.9 Å². The SMILES string of the molecule is C=C1C(c2cnc[nH]2)=CC(N2CCOCC2)=NN1/C(Cc1cccc(C(F)(F)F)c1C)=C(/CN(CC(C)C)CC(C)CC)C(C)C. The number of nitrogens with zero attached hydrogens (tertiary/aromatic N) is 5. The van der Waals surface area contributed by atoms with Crippen LogP contribution < -0.4 is 0 Å². The van der Waals surface area contributed by atoms with E-state index in [1.165, 1.54) is 6.07 Å². The van der Waals surface area contributed by atoms with E-state index in [-0.39, 0.29) is 17.9 Å². The van der Waals surface area contributed by atoms with Gasteiger partial charge in [-0.3, -0.25) is 4.90 Å². The van der Waals surface area contributed by atoms with E-state index in [1.807, 2.05) is 11.1 Å². The topological polar surface area (TPSA) is 60.0 Å². The average molecular weight is 641 g/mol. The van der Waals surface area contributed by atoms with Crippen molar-refractivity contribution in [3.05, 3.63) is 82.7 Å². The third-order valence-electron chi connectivity index (χ3n) is 8.88. The summed E-state index contributed by atoms with van der Waals surface area (Å²) in [7, 11) is 0. The fourth-order valence-electron chi connectivity index (χ4n) is 6.15. The summed E-state index contributed by atoms with van der Waals surface area (Å²) in [6, 6.07) is 4.48. The lowest BCUT2D eigenvalue weighted by molar-refractivity contribution is -0.138. The first kappa shape index (κ1) is 35.5. The highest BCUT2D eigenvalue weighted by Crippen LogP contribution is 2.38. The molecule has 252 valence electrons. The second-order valence-electron chi connectivity index (χ2n) is 13.3. The zero-order chi connectivity index (χ0) is 33.6. The lowest BCUT2D eigenvalue weighted by atomic mass is 9.92. The number of imidazole rings is 1. The molecule has 1 fully saturated rings. The van der Waals surface area contributed by atoms with Gasteiger partial charge in [0.05, 0.1) is 42.7 Å². The number of morpholine rings is 1. The predicted octanol–water partition coefficient (Wildman–Crippen LogP) is 7.75.